The van der Waals surface area contributed by atoms with Crippen molar-refractivity contribution in [2.24, 2.45) is 5.92 Å². The van der Waals surface area contributed by atoms with Crippen LogP contribution >= 0.6 is 0 Å². The molecule has 32 heavy (non-hydrogen) atoms. The third kappa shape index (κ3) is 6.52. The number of methoxy groups -OCH3 is 1. The molecule has 170 valence electrons. The number of amides is 3. The van der Waals surface area contributed by atoms with Gasteiger partial charge in [0.25, 0.3) is 0 Å². The molecule has 3 rings (SSSR count). The van der Waals surface area contributed by atoms with E-state index < -0.39 is 0 Å². The van der Waals surface area contributed by atoms with Crippen molar-refractivity contribution < 1.29 is 23.5 Å². The van der Waals surface area contributed by atoms with Crippen molar-refractivity contribution in [2.45, 2.75) is 19.8 Å². The van der Waals surface area contributed by atoms with E-state index in [1.165, 1.54) is 38.3 Å². The van der Waals surface area contributed by atoms with Crippen molar-refractivity contribution in [2.75, 3.05) is 42.7 Å². The van der Waals surface area contributed by atoms with E-state index in [0.717, 1.165) is 0 Å². The molecule has 3 N–H and O–H groups in total. The molecular formula is C23H27FN4O4. The number of rotatable bonds is 7. The molecule has 0 spiro atoms. The minimum atomic E-state index is -0.359. The van der Waals surface area contributed by atoms with E-state index >= 15 is 0 Å². The maximum atomic E-state index is 13.0. The van der Waals surface area contributed by atoms with Crippen LogP contribution in [0.1, 0.15) is 19.8 Å². The molecule has 1 saturated heterocycles. The lowest BCUT2D eigenvalue weighted by molar-refractivity contribution is -0.121. The van der Waals surface area contributed by atoms with Gasteiger partial charge in [0, 0.05) is 24.2 Å². The summed E-state index contributed by atoms with van der Waals surface area (Å²) in [5, 5.41) is 8.32. The Morgan fingerprint density at radius 3 is 2.28 bits per heavy atom. The fourth-order valence-electron chi connectivity index (χ4n) is 3.61. The largest absolute Gasteiger partial charge is 0.495 e. The van der Waals surface area contributed by atoms with Gasteiger partial charge in [0.15, 0.2) is 0 Å². The van der Waals surface area contributed by atoms with Crippen LogP contribution in [0, 0.1) is 11.7 Å². The maximum Gasteiger partial charge on any atom is 0.238 e. The fraction of sp³-hybridized carbons (Fsp3) is 0.348. The van der Waals surface area contributed by atoms with Gasteiger partial charge in [-0.1, -0.05) is 0 Å². The average Bonchev–Trinajstić information content (AvgIpc) is 2.75. The Hall–Kier alpha value is -3.46. The predicted octanol–water partition coefficient (Wildman–Crippen LogP) is 3.08. The van der Waals surface area contributed by atoms with Crippen LogP contribution in [0.4, 0.5) is 21.5 Å². The standard InChI is InChI=1S/C23H27FN4O4/c1-15(29)25-19-7-8-21(32-2)20(13-19)27-23(31)16-9-11-28(12-10-16)14-22(30)26-18-5-3-17(24)4-6-18/h3-8,13,16H,9-12,14H2,1-2H3,(H,25,29)(H,26,30)(H,27,31). The van der Waals surface area contributed by atoms with Crippen LogP contribution in [0.15, 0.2) is 42.5 Å². The number of carbonyl (C=O) groups is 3. The van der Waals surface area contributed by atoms with Crippen molar-refractivity contribution in [3.63, 3.8) is 0 Å². The highest BCUT2D eigenvalue weighted by Crippen LogP contribution is 2.29. The van der Waals surface area contributed by atoms with Gasteiger partial charge in [-0.25, -0.2) is 4.39 Å². The van der Waals surface area contributed by atoms with Crippen LogP contribution in [0.25, 0.3) is 0 Å². The number of anilines is 3. The lowest BCUT2D eigenvalue weighted by atomic mass is 9.95. The molecule has 0 saturated carbocycles. The summed E-state index contributed by atoms with van der Waals surface area (Å²) in [7, 11) is 1.51. The number of halogens is 1. The van der Waals surface area contributed by atoms with Crippen molar-refractivity contribution in [3.05, 3.63) is 48.3 Å². The molecule has 9 heteroatoms. The Labute approximate surface area is 186 Å². The van der Waals surface area contributed by atoms with Gasteiger partial charge >= 0.3 is 0 Å². The van der Waals surface area contributed by atoms with E-state index in [-0.39, 0.29) is 36.0 Å². The summed E-state index contributed by atoms with van der Waals surface area (Å²) in [5.41, 5.74) is 1.60. The Balaban J connectivity index is 1.50. The first kappa shape index (κ1) is 23.2. The molecular weight excluding hydrogens is 415 g/mol. The van der Waals surface area contributed by atoms with Crippen LogP contribution in [-0.4, -0.2) is 49.4 Å². The molecule has 2 aromatic carbocycles. The zero-order chi connectivity index (χ0) is 23.1. The minimum Gasteiger partial charge on any atom is -0.495 e. The number of hydrogen-bond donors (Lipinski definition) is 3. The Bertz CT molecular complexity index is 972. The lowest BCUT2D eigenvalue weighted by Gasteiger charge is -2.30. The van der Waals surface area contributed by atoms with Crippen molar-refractivity contribution in [1.82, 2.24) is 4.90 Å². The number of nitrogens with zero attached hydrogens (tertiary/aromatic N) is 1. The van der Waals surface area contributed by atoms with Gasteiger partial charge in [0.2, 0.25) is 17.7 Å². The summed E-state index contributed by atoms with van der Waals surface area (Å²) in [6.45, 7) is 2.84. The first-order chi connectivity index (χ1) is 15.3. The number of likely N-dealkylation sites (tertiary alicyclic amines) is 1. The van der Waals surface area contributed by atoms with Gasteiger partial charge in [-0.05, 0) is 68.4 Å². The quantitative estimate of drug-likeness (QED) is 0.612. The Morgan fingerprint density at radius 1 is 1.00 bits per heavy atom. The van der Waals surface area contributed by atoms with Crippen molar-refractivity contribution in [3.8, 4) is 5.75 Å². The van der Waals surface area contributed by atoms with Gasteiger partial charge in [-0.3, -0.25) is 19.3 Å². The highest BCUT2D eigenvalue weighted by atomic mass is 19.1. The van der Waals surface area contributed by atoms with E-state index in [1.54, 1.807) is 18.2 Å². The topological polar surface area (TPSA) is 99.8 Å². The van der Waals surface area contributed by atoms with Gasteiger partial charge in [0.05, 0.1) is 19.3 Å². The first-order valence-corrected chi connectivity index (χ1v) is 10.4. The second-order valence-corrected chi connectivity index (χ2v) is 7.69. The van der Waals surface area contributed by atoms with Crippen molar-refractivity contribution >= 4 is 34.8 Å². The number of benzene rings is 2. The number of nitrogens with one attached hydrogen (secondary N) is 3. The molecule has 8 nitrogen and oxygen atoms in total. The molecule has 1 aliphatic rings. The lowest BCUT2D eigenvalue weighted by Crippen LogP contribution is -2.41. The summed E-state index contributed by atoms with van der Waals surface area (Å²) < 4.78 is 18.3. The van der Waals surface area contributed by atoms with Crippen LogP contribution in [-0.2, 0) is 14.4 Å². The third-order valence-electron chi connectivity index (χ3n) is 5.23. The Morgan fingerprint density at radius 2 is 1.66 bits per heavy atom. The van der Waals surface area contributed by atoms with Crippen LogP contribution in [0.3, 0.4) is 0 Å². The summed E-state index contributed by atoms with van der Waals surface area (Å²) in [6, 6.07) is 10.7. The molecule has 1 fully saturated rings. The first-order valence-electron chi connectivity index (χ1n) is 10.4. The van der Waals surface area contributed by atoms with Gasteiger partial charge in [-0.15, -0.1) is 0 Å². The van der Waals surface area contributed by atoms with E-state index in [0.29, 0.717) is 48.7 Å². The van der Waals surface area contributed by atoms with Crippen LogP contribution in [0.2, 0.25) is 0 Å². The number of ether oxygens (including phenoxy) is 1. The molecule has 0 aliphatic carbocycles. The summed E-state index contributed by atoms with van der Waals surface area (Å²) in [4.78, 5) is 38.3. The van der Waals surface area contributed by atoms with Crippen LogP contribution < -0.4 is 20.7 Å². The zero-order valence-electron chi connectivity index (χ0n) is 18.1. The second-order valence-electron chi connectivity index (χ2n) is 7.69. The van der Waals surface area contributed by atoms with Crippen LogP contribution in [0.5, 0.6) is 5.75 Å². The fourth-order valence-corrected chi connectivity index (χ4v) is 3.61. The molecule has 0 unspecified atom stereocenters. The molecule has 2 aromatic rings. The van der Waals surface area contributed by atoms with E-state index in [4.69, 9.17) is 4.74 Å². The molecule has 3 amide bonds. The predicted molar refractivity (Wildman–Crippen MR) is 120 cm³/mol. The molecule has 0 radical (unpaired) electrons. The summed E-state index contributed by atoms with van der Waals surface area (Å²) in [6.07, 6.45) is 1.23. The van der Waals surface area contributed by atoms with E-state index in [2.05, 4.69) is 16.0 Å². The minimum absolute atomic E-state index is 0.126. The van der Waals surface area contributed by atoms with E-state index in [1.807, 2.05) is 4.90 Å². The monoisotopic (exact) mass is 442 g/mol. The number of carbonyl (C=O) groups excluding carboxylic acids is 3. The third-order valence-corrected chi connectivity index (χ3v) is 5.23. The summed E-state index contributed by atoms with van der Waals surface area (Å²) in [5.74, 6) is -0.563. The smallest absolute Gasteiger partial charge is 0.238 e. The zero-order valence-corrected chi connectivity index (χ0v) is 18.1. The average molecular weight is 442 g/mol. The van der Waals surface area contributed by atoms with Gasteiger partial charge in [-0.2, -0.15) is 0 Å². The highest BCUT2D eigenvalue weighted by Gasteiger charge is 2.26. The Kier molecular flexibility index (Phi) is 7.77. The normalized spacial score (nSPS) is 14.5. The molecule has 0 aromatic heterocycles. The number of piperidine rings is 1. The van der Waals surface area contributed by atoms with Gasteiger partial charge in [0.1, 0.15) is 11.6 Å². The molecule has 1 heterocycles. The second kappa shape index (κ2) is 10.7. The SMILES string of the molecule is COc1ccc(NC(C)=O)cc1NC(=O)C1CCN(CC(=O)Nc2ccc(F)cc2)CC1. The molecule has 1 aliphatic heterocycles. The van der Waals surface area contributed by atoms with E-state index in [9.17, 15) is 18.8 Å². The van der Waals surface area contributed by atoms with Gasteiger partial charge < -0.3 is 20.7 Å². The molecule has 0 bridgehead atoms. The number of hydrogen-bond acceptors (Lipinski definition) is 5. The van der Waals surface area contributed by atoms with Crippen molar-refractivity contribution in [1.29, 1.82) is 0 Å². The molecule has 0 atom stereocenters. The highest BCUT2D eigenvalue weighted by molar-refractivity contribution is 5.96. The summed E-state index contributed by atoms with van der Waals surface area (Å²) >= 11 is 0. The maximum absolute atomic E-state index is 13.0.